The number of aliphatic hydroxyl groups excluding tert-OH is 1. The number of fused-ring (bicyclic) bond motifs is 1. The van der Waals surface area contributed by atoms with Gasteiger partial charge >= 0.3 is 0 Å². The zero-order valence-corrected chi connectivity index (χ0v) is 14.9. The third-order valence-electron chi connectivity index (χ3n) is 4.29. The normalized spacial score (nSPS) is 15.8. The summed E-state index contributed by atoms with van der Waals surface area (Å²) >= 11 is 1.57. The Morgan fingerprint density at radius 1 is 1.50 bits per heavy atom. The maximum atomic E-state index is 12.3. The number of hydrogen-bond donors (Lipinski definition) is 2. The number of amides is 1. The van der Waals surface area contributed by atoms with Gasteiger partial charge in [-0.1, -0.05) is 11.8 Å². The van der Waals surface area contributed by atoms with Crippen molar-refractivity contribution in [2.45, 2.75) is 12.3 Å². The van der Waals surface area contributed by atoms with Crippen LogP contribution in [0.3, 0.4) is 0 Å². The van der Waals surface area contributed by atoms with E-state index in [-0.39, 0.29) is 18.4 Å². The number of carbonyl (C=O) groups excluding carboxylic acids is 1. The van der Waals surface area contributed by atoms with E-state index >= 15 is 0 Å². The summed E-state index contributed by atoms with van der Waals surface area (Å²) in [7, 11) is 1.83. The van der Waals surface area contributed by atoms with Crippen molar-refractivity contribution in [1.82, 2.24) is 14.8 Å². The first kappa shape index (κ1) is 16.5. The van der Waals surface area contributed by atoms with Crippen LogP contribution in [0.5, 0.6) is 0 Å². The number of carbonyl (C=O) groups is 1. The van der Waals surface area contributed by atoms with Crippen LogP contribution >= 0.6 is 11.3 Å². The molecule has 1 aliphatic heterocycles. The van der Waals surface area contributed by atoms with Crippen molar-refractivity contribution in [2.24, 2.45) is 7.05 Å². The lowest BCUT2D eigenvalue weighted by Gasteiger charge is -2.23. The van der Waals surface area contributed by atoms with Crippen molar-refractivity contribution in [2.75, 3.05) is 11.9 Å². The summed E-state index contributed by atoms with van der Waals surface area (Å²) < 4.78 is 1.71. The summed E-state index contributed by atoms with van der Waals surface area (Å²) in [6.45, 7) is -0.172. The molecule has 1 aliphatic rings. The van der Waals surface area contributed by atoms with Gasteiger partial charge in [-0.2, -0.15) is 5.10 Å². The topological polar surface area (TPSA) is 80.0 Å². The quantitative estimate of drug-likeness (QED) is 0.684. The molecule has 7 heteroatoms. The molecule has 0 bridgehead atoms. The lowest BCUT2D eigenvalue weighted by atomic mass is 9.88. The maximum Gasteiger partial charge on any atom is 0.226 e. The van der Waals surface area contributed by atoms with E-state index in [4.69, 9.17) is 5.11 Å². The fourth-order valence-electron chi connectivity index (χ4n) is 3.19. The molecule has 0 spiro atoms. The predicted octanol–water partition coefficient (Wildman–Crippen LogP) is 2.36. The van der Waals surface area contributed by atoms with Gasteiger partial charge in [0.05, 0.1) is 5.69 Å². The Morgan fingerprint density at radius 3 is 3.15 bits per heavy atom. The molecule has 4 rings (SSSR count). The number of nitrogens with zero attached hydrogens (tertiary/aromatic N) is 3. The summed E-state index contributed by atoms with van der Waals surface area (Å²) in [6.07, 6.45) is 3.87. The van der Waals surface area contributed by atoms with Crippen molar-refractivity contribution in [3.63, 3.8) is 0 Å². The van der Waals surface area contributed by atoms with E-state index in [0.717, 1.165) is 33.1 Å². The first-order valence-electron chi connectivity index (χ1n) is 8.12. The minimum Gasteiger partial charge on any atom is -0.384 e. The molecule has 0 fully saturated rings. The fourth-order valence-corrected chi connectivity index (χ4v) is 4.14. The third kappa shape index (κ3) is 2.90. The molecule has 3 aromatic heterocycles. The lowest BCUT2D eigenvalue weighted by Crippen LogP contribution is -2.24. The van der Waals surface area contributed by atoms with Gasteiger partial charge in [-0.05, 0) is 18.2 Å². The Labute approximate surface area is 154 Å². The van der Waals surface area contributed by atoms with Gasteiger partial charge in [0, 0.05) is 58.7 Å². The van der Waals surface area contributed by atoms with E-state index in [1.54, 1.807) is 28.4 Å². The molecule has 0 saturated heterocycles. The number of aryl methyl sites for hydroxylation is 1. The third-order valence-corrected chi connectivity index (χ3v) is 5.34. The van der Waals surface area contributed by atoms with Gasteiger partial charge in [0.15, 0.2) is 0 Å². The zero-order chi connectivity index (χ0) is 18.1. The average Bonchev–Trinajstić information content (AvgIpc) is 3.25. The molecule has 0 aliphatic carbocycles. The fraction of sp³-hybridized carbons (Fsp3) is 0.211. The Balaban J connectivity index is 1.84. The highest BCUT2D eigenvalue weighted by atomic mass is 32.1. The first-order chi connectivity index (χ1) is 12.7. The monoisotopic (exact) mass is 364 g/mol. The van der Waals surface area contributed by atoms with Gasteiger partial charge in [0.1, 0.15) is 12.4 Å². The van der Waals surface area contributed by atoms with Gasteiger partial charge in [-0.3, -0.25) is 14.5 Å². The molecule has 0 saturated carbocycles. The van der Waals surface area contributed by atoms with Crippen LogP contribution in [0, 0.1) is 11.8 Å². The SMILES string of the molecule is Cn1nc(-c2cccnc2)c2c1NC(=O)CC2c1cc(C#CCO)cs1. The Bertz CT molecular complexity index is 1030. The number of nitrogens with one attached hydrogen (secondary N) is 1. The van der Waals surface area contributed by atoms with Crippen molar-refractivity contribution < 1.29 is 9.90 Å². The molecule has 2 N–H and O–H groups in total. The molecule has 1 unspecified atom stereocenters. The van der Waals surface area contributed by atoms with E-state index in [1.807, 2.05) is 30.6 Å². The van der Waals surface area contributed by atoms with Crippen LogP contribution in [0.1, 0.15) is 28.3 Å². The minimum absolute atomic E-state index is 0.0281. The molecule has 6 nitrogen and oxygen atoms in total. The van der Waals surface area contributed by atoms with Crippen LogP contribution in [-0.4, -0.2) is 32.4 Å². The molecule has 26 heavy (non-hydrogen) atoms. The Morgan fingerprint density at radius 2 is 2.38 bits per heavy atom. The smallest absolute Gasteiger partial charge is 0.226 e. The van der Waals surface area contributed by atoms with Crippen LogP contribution < -0.4 is 5.32 Å². The van der Waals surface area contributed by atoms with Crippen LogP contribution in [0.15, 0.2) is 36.0 Å². The highest BCUT2D eigenvalue weighted by molar-refractivity contribution is 7.10. The number of hydrogen-bond acceptors (Lipinski definition) is 5. The standard InChI is InChI=1S/C19H16N4O2S/c1-23-19-17(18(22-23)13-5-2-6-20-10-13)14(9-16(25)21-19)15-8-12(11-26-15)4-3-7-24/h2,5-6,8,10-11,14,24H,7,9H2,1H3,(H,21,25). The second-order valence-electron chi connectivity index (χ2n) is 5.98. The zero-order valence-electron chi connectivity index (χ0n) is 14.1. The molecule has 130 valence electrons. The number of anilines is 1. The number of aliphatic hydroxyl groups is 1. The van der Waals surface area contributed by atoms with Gasteiger partial charge in [0.25, 0.3) is 0 Å². The number of rotatable bonds is 2. The van der Waals surface area contributed by atoms with E-state index in [9.17, 15) is 4.79 Å². The van der Waals surface area contributed by atoms with Crippen LogP contribution in [0.25, 0.3) is 11.3 Å². The van der Waals surface area contributed by atoms with Gasteiger partial charge in [-0.15, -0.1) is 11.3 Å². The molecular weight excluding hydrogens is 348 g/mol. The number of thiophene rings is 1. The van der Waals surface area contributed by atoms with Crippen molar-refractivity contribution >= 4 is 23.1 Å². The van der Waals surface area contributed by atoms with Crippen LogP contribution in [-0.2, 0) is 11.8 Å². The molecule has 1 atom stereocenters. The van der Waals surface area contributed by atoms with Crippen molar-refractivity contribution in [3.05, 3.63) is 52.0 Å². The summed E-state index contributed by atoms with van der Waals surface area (Å²) in [5.74, 6) is 6.19. The van der Waals surface area contributed by atoms with E-state index in [1.165, 1.54) is 0 Å². The number of aromatic nitrogens is 3. The van der Waals surface area contributed by atoms with E-state index in [2.05, 4.69) is 27.2 Å². The van der Waals surface area contributed by atoms with Gasteiger partial charge in [0.2, 0.25) is 5.91 Å². The summed E-state index contributed by atoms with van der Waals surface area (Å²) in [6, 6.07) is 5.83. The summed E-state index contributed by atoms with van der Waals surface area (Å²) in [5, 5.41) is 18.4. The molecule has 1 amide bonds. The van der Waals surface area contributed by atoms with E-state index in [0.29, 0.717) is 6.42 Å². The largest absolute Gasteiger partial charge is 0.384 e. The van der Waals surface area contributed by atoms with Gasteiger partial charge in [-0.25, -0.2) is 0 Å². The summed E-state index contributed by atoms with van der Waals surface area (Å²) in [5.41, 5.74) is 3.60. The second-order valence-corrected chi connectivity index (χ2v) is 6.92. The highest BCUT2D eigenvalue weighted by Gasteiger charge is 2.34. The van der Waals surface area contributed by atoms with Crippen molar-refractivity contribution in [3.8, 4) is 23.1 Å². The summed E-state index contributed by atoms with van der Waals surface area (Å²) in [4.78, 5) is 17.5. The highest BCUT2D eigenvalue weighted by Crippen LogP contribution is 2.44. The molecule has 3 aromatic rings. The maximum absolute atomic E-state index is 12.3. The molecule has 0 aromatic carbocycles. The number of pyridine rings is 1. The minimum atomic E-state index is -0.172. The average molecular weight is 364 g/mol. The van der Waals surface area contributed by atoms with Crippen LogP contribution in [0.2, 0.25) is 0 Å². The predicted molar refractivity (Wildman–Crippen MR) is 99.8 cm³/mol. The molecule has 4 heterocycles. The Hall–Kier alpha value is -2.95. The van der Waals surface area contributed by atoms with Crippen molar-refractivity contribution in [1.29, 1.82) is 0 Å². The Kier molecular flexibility index (Phi) is 4.29. The van der Waals surface area contributed by atoms with Crippen LogP contribution in [0.4, 0.5) is 5.82 Å². The van der Waals surface area contributed by atoms with Gasteiger partial charge < -0.3 is 10.4 Å². The van der Waals surface area contributed by atoms with E-state index < -0.39 is 0 Å². The second kappa shape index (κ2) is 6.75. The molecular formula is C19H16N4O2S. The molecule has 0 radical (unpaired) electrons. The first-order valence-corrected chi connectivity index (χ1v) is 9.00. The lowest BCUT2D eigenvalue weighted by molar-refractivity contribution is -0.116.